The lowest BCUT2D eigenvalue weighted by Gasteiger charge is -2.18. The Balaban J connectivity index is 1.68. The zero-order chi connectivity index (χ0) is 16.9. The standard InChI is InChI=1S/C17H15F2NO4/c18-17(19)24-13-4-2-1-3-12(13)20-16(21)10-11-5-6-14-15(9-11)23-8-7-22-14/h1-6,9,17H,7-8,10H2,(H,20,21). The molecule has 2 aromatic rings. The number of hydrogen-bond donors (Lipinski definition) is 1. The fourth-order valence-corrected chi connectivity index (χ4v) is 2.35. The van der Waals surface area contributed by atoms with E-state index >= 15 is 0 Å². The normalized spacial score (nSPS) is 12.8. The van der Waals surface area contributed by atoms with Crippen LogP contribution in [-0.2, 0) is 11.2 Å². The Kier molecular flexibility index (Phi) is 4.79. The highest BCUT2D eigenvalue weighted by Crippen LogP contribution is 2.31. The van der Waals surface area contributed by atoms with Crippen molar-refractivity contribution in [3.63, 3.8) is 0 Å². The van der Waals surface area contributed by atoms with Gasteiger partial charge in [-0.3, -0.25) is 4.79 Å². The molecule has 7 heteroatoms. The van der Waals surface area contributed by atoms with Crippen LogP contribution in [0.3, 0.4) is 0 Å². The van der Waals surface area contributed by atoms with Crippen molar-refractivity contribution < 1.29 is 27.8 Å². The number of carbonyl (C=O) groups is 1. The van der Waals surface area contributed by atoms with Crippen LogP contribution in [0.2, 0.25) is 0 Å². The van der Waals surface area contributed by atoms with E-state index in [-0.39, 0.29) is 23.8 Å². The third-order valence-electron chi connectivity index (χ3n) is 3.35. The van der Waals surface area contributed by atoms with Crippen molar-refractivity contribution >= 4 is 11.6 Å². The first-order valence-corrected chi connectivity index (χ1v) is 7.34. The van der Waals surface area contributed by atoms with E-state index in [2.05, 4.69) is 10.1 Å². The van der Waals surface area contributed by atoms with Gasteiger partial charge in [0.25, 0.3) is 0 Å². The molecular formula is C17H15F2NO4. The Labute approximate surface area is 137 Å². The van der Waals surface area contributed by atoms with Crippen LogP contribution in [0.1, 0.15) is 5.56 Å². The molecule has 1 aliphatic rings. The molecule has 1 aliphatic heterocycles. The minimum atomic E-state index is -2.96. The molecule has 1 N–H and O–H groups in total. The first-order chi connectivity index (χ1) is 11.6. The molecule has 0 aliphatic carbocycles. The number of para-hydroxylation sites is 2. The van der Waals surface area contributed by atoms with Gasteiger partial charge in [0.2, 0.25) is 5.91 Å². The molecule has 0 bridgehead atoms. The second-order valence-corrected chi connectivity index (χ2v) is 5.08. The van der Waals surface area contributed by atoms with E-state index in [1.165, 1.54) is 12.1 Å². The van der Waals surface area contributed by atoms with Gasteiger partial charge in [-0.1, -0.05) is 18.2 Å². The van der Waals surface area contributed by atoms with Gasteiger partial charge in [-0.2, -0.15) is 8.78 Å². The molecule has 0 spiro atoms. The van der Waals surface area contributed by atoms with E-state index in [9.17, 15) is 13.6 Å². The van der Waals surface area contributed by atoms with Crippen molar-refractivity contribution in [2.75, 3.05) is 18.5 Å². The highest BCUT2D eigenvalue weighted by Gasteiger charge is 2.15. The number of benzene rings is 2. The average Bonchev–Trinajstić information content (AvgIpc) is 2.56. The number of alkyl halides is 2. The van der Waals surface area contributed by atoms with Crippen LogP contribution in [0.4, 0.5) is 14.5 Å². The summed E-state index contributed by atoms with van der Waals surface area (Å²) in [6.45, 7) is -2.00. The second-order valence-electron chi connectivity index (χ2n) is 5.08. The Hall–Kier alpha value is -2.83. The van der Waals surface area contributed by atoms with Crippen LogP contribution in [-0.4, -0.2) is 25.7 Å². The summed E-state index contributed by atoms with van der Waals surface area (Å²) in [4.78, 5) is 12.2. The van der Waals surface area contributed by atoms with Gasteiger partial charge in [-0.25, -0.2) is 0 Å². The molecule has 0 saturated heterocycles. The molecule has 5 nitrogen and oxygen atoms in total. The maximum Gasteiger partial charge on any atom is 0.387 e. The summed E-state index contributed by atoms with van der Waals surface area (Å²) in [5.41, 5.74) is 0.921. The number of halogens is 2. The molecule has 0 saturated carbocycles. The predicted molar refractivity (Wildman–Crippen MR) is 82.8 cm³/mol. The van der Waals surface area contributed by atoms with Crippen LogP contribution >= 0.6 is 0 Å². The van der Waals surface area contributed by atoms with Crippen LogP contribution in [0, 0.1) is 0 Å². The maximum atomic E-state index is 12.4. The lowest BCUT2D eigenvalue weighted by Crippen LogP contribution is -2.17. The quantitative estimate of drug-likeness (QED) is 0.911. The van der Waals surface area contributed by atoms with Crippen molar-refractivity contribution in [1.29, 1.82) is 0 Å². The minimum Gasteiger partial charge on any atom is -0.486 e. The third kappa shape index (κ3) is 3.92. The molecule has 1 heterocycles. The number of anilines is 1. The number of rotatable bonds is 5. The molecule has 0 unspecified atom stereocenters. The number of hydrogen-bond acceptors (Lipinski definition) is 4. The summed E-state index contributed by atoms with van der Waals surface area (Å²) in [5, 5.41) is 2.58. The summed E-state index contributed by atoms with van der Waals surface area (Å²) in [6, 6.07) is 11.3. The summed E-state index contributed by atoms with van der Waals surface area (Å²) in [5.74, 6) is 0.800. The largest absolute Gasteiger partial charge is 0.486 e. The predicted octanol–water partition coefficient (Wildman–Crippen LogP) is 3.24. The highest BCUT2D eigenvalue weighted by molar-refractivity contribution is 5.93. The fourth-order valence-electron chi connectivity index (χ4n) is 2.35. The molecule has 1 amide bonds. The van der Waals surface area contributed by atoms with E-state index in [4.69, 9.17) is 9.47 Å². The molecule has 126 valence electrons. The molecular weight excluding hydrogens is 320 g/mol. The maximum absolute atomic E-state index is 12.4. The Bertz CT molecular complexity index is 736. The number of nitrogens with one attached hydrogen (secondary N) is 1. The van der Waals surface area contributed by atoms with Gasteiger partial charge in [-0.05, 0) is 29.8 Å². The van der Waals surface area contributed by atoms with Crippen molar-refractivity contribution in [3.05, 3.63) is 48.0 Å². The van der Waals surface area contributed by atoms with Gasteiger partial charge in [0.1, 0.15) is 19.0 Å². The van der Waals surface area contributed by atoms with Crippen LogP contribution in [0.15, 0.2) is 42.5 Å². The molecule has 2 aromatic carbocycles. The van der Waals surface area contributed by atoms with Crippen molar-refractivity contribution in [3.8, 4) is 17.2 Å². The third-order valence-corrected chi connectivity index (χ3v) is 3.35. The Morgan fingerprint density at radius 3 is 2.67 bits per heavy atom. The Morgan fingerprint density at radius 1 is 1.12 bits per heavy atom. The van der Waals surface area contributed by atoms with E-state index in [0.717, 1.165) is 5.56 Å². The zero-order valence-electron chi connectivity index (χ0n) is 12.6. The van der Waals surface area contributed by atoms with E-state index in [0.29, 0.717) is 24.7 Å². The SMILES string of the molecule is O=C(Cc1ccc2c(c1)OCCO2)Nc1ccccc1OC(F)F. The number of amides is 1. The van der Waals surface area contributed by atoms with Crippen LogP contribution in [0.25, 0.3) is 0 Å². The first-order valence-electron chi connectivity index (χ1n) is 7.34. The summed E-state index contributed by atoms with van der Waals surface area (Å²) < 4.78 is 40.0. The van der Waals surface area contributed by atoms with Gasteiger partial charge >= 0.3 is 6.61 Å². The van der Waals surface area contributed by atoms with Crippen molar-refractivity contribution in [1.82, 2.24) is 0 Å². The molecule has 3 rings (SSSR count). The lowest BCUT2D eigenvalue weighted by molar-refractivity contribution is -0.115. The van der Waals surface area contributed by atoms with E-state index in [1.807, 2.05) is 0 Å². The van der Waals surface area contributed by atoms with Crippen LogP contribution < -0.4 is 19.5 Å². The van der Waals surface area contributed by atoms with Gasteiger partial charge in [0.15, 0.2) is 11.5 Å². The van der Waals surface area contributed by atoms with Gasteiger partial charge in [-0.15, -0.1) is 0 Å². The summed E-state index contributed by atoms with van der Waals surface area (Å²) in [6.07, 6.45) is 0.0691. The molecule has 24 heavy (non-hydrogen) atoms. The minimum absolute atomic E-state index is 0.0691. The fraction of sp³-hybridized carbons (Fsp3) is 0.235. The smallest absolute Gasteiger partial charge is 0.387 e. The number of carbonyl (C=O) groups excluding carboxylic acids is 1. The lowest BCUT2D eigenvalue weighted by atomic mass is 10.1. The van der Waals surface area contributed by atoms with E-state index in [1.54, 1.807) is 30.3 Å². The molecule has 0 atom stereocenters. The molecule has 0 fully saturated rings. The van der Waals surface area contributed by atoms with Gasteiger partial charge in [0.05, 0.1) is 12.1 Å². The summed E-state index contributed by atoms with van der Waals surface area (Å²) >= 11 is 0. The average molecular weight is 335 g/mol. The van der Waals surface area contributed by atoms with Crippen molar-refractivity contribution in [2.24, 2.45) is 0 Å². The number of ether oxygens (including phenoxy) is 3. The number of fused-ring (bicyclic) bond motifs is 1. The van der Waals surface area contributed by atoms with Gasteiger partial charge in [0, 0.05) is 0 Å². The topological polar surface area (TPSA) is 56.8 Å². The van der Waals surface area contributed by atoms with E-state index < -0.39 is 6.61 Å². The van der Waals surface area contributed by atoms with Crippen molar-refractivity contribution in [2.45, 2.75) is 13.0 Å². The second kappa shape index (κ2) is 7.16. The highest BCUT2D eigenvalue weighted by atomic mass is 19.3. The molecule has 0 aromatic heterocycles. The first kappa shape index (κ1) is 16.0. The Morgan fingerprint density at radius 2 is 1.88 bits per heavy atom. The molecule has 0 radical (unpaired) electrons. The summed E-state index contributed by atoms with van der Waals surface area (Å²) in [7, 11) is 0. The zero-order valence-corrected chi connectivity index (χ0v) is 12.6. The monoisotopic (exact) mass is 335 g/mol. The van der Waals surface area contributed by atoms with Crippen LogP contribution in [0.5, 0.6) is 17.2 Å². The van der Waals surface area contributed by atoms with Gasteiger partial charge < -0.3 is 19.5 Å².